The summed E-state index contributed by atoms with van der Waals surface area (Å²) in [5, 5.41) is 7.11. The molecule has 1 aliphatic rings. The third-order valence-electron chi connectivity index (χ3n) is 3.28. The van der Waals surface area contributed by atoms with Crippen molar-refractivity contribution in [1.29, 1.82) is 0 Å². The number of rotatable bonds is 1. The molecule has 0 saturated carbocycles. The zero-order valence-corrected chi connectivity index (χ0v) is 9.85. The van der Waals surface area contributed by atoms with Crippen molar-refractivity contribution in [3.8, 4) is 0 Å². The van der Waals surface area contributed by atoms with Gasteiger partial charge in [-0.05, 0) is 24.1 Å². The minimum absolute atomic E-state index is 0.195. The predicted molar refractivity (Wildman–Crippen MR) is 70.8 cm³/mol. The molecule has 0 unspecified atom stereocenters. The summed E-state index contributed by atoms with van der Waals surface area (Å²) in [6, 6.07) is 19.3. The molecule has 2 aromatic carbocycles. The lowest BCUT2D eigenvalue weighted by atomic mass is 10.0. The Morgan fingerprint density at radius 3 is 2.41 bits per heavy atom. The van der Waals surface area contributed by atoms with Crippen molar-refractivity contribution < 1.29 is 0 Å². The molecule has 0 aliphatic carbocycles. The van der Waals surface area contributed by atoms with Gasteiger partial charge in [0.2, 0.25) is 0 Å². The molecule has 0 aromatic heterocycles. The van der Waals surface area contributed by atoms with Crippen LogP contribution in [-0.2, 0) is 0 Å². The Balaban J connectivity index is 1.94. The van der Waals surface area contributed by atoms with Crippen LogP contribution in [0.4, 0.5) is 5.69 Å². The van der Waals surface area contributed by atoms with Crippen LogP contribution in [0.2, 0.25) is 0 Å². The fraction of sp³-hybridized carbons (Fsp3) is 0.200. The largest absolute Gasteiger partial charge is 0.366 e. The van der Waals surface area contributed by atoms with Crippen molar-refractivity contribution in [2.75, 3.05) is 5.32 Å². The highest BCUT2D eigenvalue weighted by Crippen LogP contribution is 2.32. The van der Waals surface area contributed by atoms with Crippen molar-refractivity contribution in [3.05, 3.63) is 65.7 Å². The Hall–Kier alpha value is -1.80. The lowest BCUT2D eigenvalue weighted by Crippen LogP contribution is -2.35. The SMILES string of the molecule is C[C@H]1N[C@H](c2ccccc2)Nc2ccccc21. The molecule has 2 atom stereocenters. The zero-order valence-electron chi connectivity index (χ0n) is 9.85. The van der Waals surface area contributed by atoms with Gasteiger partial charge in [0.25, 0.3) is 0 Å². The van der Waals surface area contributed by atoms with E-state index >= 15 is 0 Å². The third-order valence-corrected chi connectivity index (χ3v) is 3.28. The first-order valence-electron chi connectivity index (χ1n) is 6.01. The smallest absolute Gasteiger partial charge is 0.104 e. The van der Waals surface area contributed by atoms with Crippen LogP contribution in [0.5, 0.6) is 0 Å². The number of hydrogen-bond donors (Lipinski definition) is 2. The monoisotopic (exact) mass is 224 g/mol. The van der Waals surface area contributed by atoms with Gasteiger partial charge in [-0.3, -0.25) is 5.32 Å². The Morgan fingerprint density at radius 2 is 1.59 bits per heavy atom. The van der Waals surface area contributed by atoms with Gasteiger partial charge in [-0.15, -0.1) is 0 Å². The Kier molecular flexibility index (Phi) is 2.57. The second-order valence-corrected chi connectivity index (χ2v) is 4.46. The number of anilines is 1. The zero-order chi connectivity index (χ0) is 11.7. The molecule has 86 valence electrons. The van der Waals surface area contributed by atoms with Crippen molar-refractivity contribution in [2.45, 2.75) is 19.1 Å². The van der Waals surface area contributed by atoms with Crippen molar-refractivity contribution in [2.24, 2.45) is 0 Å². The van der Waals surface area contributed by atoms with Gasteiger partial charge in [-0.25, -0.2) is 0 Å². The maximum atomic E-state index is 3.58. The van der Waals surface area contributed by atoms with Crippen LogP contribution in [0.3, 0.4) is 0 Å². The molecule has 2 heteroatoms. The van der Waals surface area contributed by atoms with Crippen LogP contribution in [0.15, 0.2) is 54.6 Å². The topological polar surface area (TPSA) is 24.1 Å². The van der Waals surface area contributed by atoms with Gasteiger partial charge in [0.1, 0.15) is 6.17 Å². The van der Waals surface area contributed by atoms with Crippen molar-refractivity contribution in [3.63, 3.8) is 0 Å². The van der Waals surface area contributed by atoms with E-state index in [1.54, 1.807) is 0 Å². The fourth-order valence-electron chi connectivity index (χ4n) is 2.37. The molecule has 1 heterocycles. The van der Waals surface area contributed by atoms with E-state index in [4.69, 9.17) is 0 Å². The number of hydrogen-bond acceptors (Lipinski definition) is 2. The molecule has 0 radical (unpaired) electrons. The number of benzene rings is 2. The highest BCUT2D eigenvalue weighted by atomic mass is 15.2. The van der Waals surface area contributed by atoms with E-state index in [1.807, 2.05) is 6.07 Å². The van der Waals surface area contributed by atoms with Gasteiger partial charge in [-0.2, -0.15) is 0 Å². The summed E-state index contributed by atoms with van der Waals surface area (Å²) < 4.78 is 0. The second-order valence-electron chi connectivity index (χ2n) is 4.46. The number of para-hydroxylation sites is 1. The molecule has 0 fully saturated rings. The normalized spacial score (nSPS) is 22.6. The molecule has 0 saturated heterocycles. The summed E-state index contributed by atoms with van der Waals surface area (Å²) in [4.78, 5) is 0. The van der Waals surface area contributed by atoms with E-state index in [-0.39, 0.29) is 6.17 Å². The van der Waals surface area contributed by atoms with E-state index in [0.717, 1.165) is 0 Å². The fourth-order valence-corrected chi connectivity index (χ4v) is 2.37. The van der Waals surface area contributed by atoms with Crippen LogP contribution < -0.4 is 10.6 Å². The molecule has 0 bridgehead atoms. The van der Waals surface area contributed by atoms with E-state index in [1.165, 1.54) is 16.8 Å². The molecule has 2 nitrogen and oxygen atoms in total. The van der Waals surface area contributed by atoms with Crippen LogP contribution in [0.25, 0.3) is 0 Å². The second kappa shape index (κ2) is 4.22. The molecule has 2 aromatic rings. The Bertz CT molecular complexity index is 507. The summed E-state index contributed by atoms with van der Waals surface area (Å²) in [7, 11) is 0. The van der Waals surface area contributed by atoms with Gasteiger partial charge in [-0.1, -0.05) is 48.5 Å². The molecule has 2 N–H and O–H groups in total. The van der Waals surface area contributed by atoms with Crippen LogP contribution in [0, 0.1) is 0 Å². The van der Waals surface area contributed by atoms with E-state index < -0.39 is 0 Å². The van der Waals surface area contributed by atoms with Gasteiger partial charge < -0.3 is 5.32 Å². The predicted octanol–water partition coefficient (Wildman–Crippen LogP) is 3.46. The molecule has 0 spiro atoms. The number of nitrogens with one attached hydrogen (secondary N) is 2. The minimum atomic E-state index is 0.195. The van der Waals surface area contributed by atoms with Gasteiger partial charge in [0.05, 0.1) is 0 Å². The maximum Gasteiger partial charge on any atom is 0.104 e. The highest BCUT2D eigenvalue weighted by Gasteiger charge is 2.22. The Morgan fingerprint density at radius 1 is 0.882 bits per heavy atom. The quantitative estimate of drug-likeness (QED) is 0.775. The first kappa shape index (κ1) is 10.4. The van der Waals surface area contributed by atoms with E-state index in [0.29, 0.717) is 6.04 Å². The third kappa shape index (κ3) is 1.92. The minimum Gasteiger partial charge on any atom is -0.366 e. The Labute approximate surface area is 102 Å². The molecule has 3 rings (SSSR count). The lowest BCUT2D eigenvalue weighted by Gasteiger charge is -2.33. The summed E-state index contributed by atoms with van der Waals surface area (Å²) >= 11 is 0. The van der Waals surface area contributed by atoms with Crippen LogP contribution >= 0.6 is 0 Å². The van der Waals surface area contributed by atoms with Crippen LogP contribution in [-0.4, -0.2) is 0 Å². The first-order chi connectivity index (χ1) is 8.34. The lowest BCUT2D eigenvalue weighted by molar-refractivity contribution is 0.484. The first-order valence-corrected chi connectivity index (χ1v) is 6.01. The number of fused-ring (bicyclic) bond motifs is 1. The summed E-state index contributed by atoms with van der Waals surface area (Å²) in [6.07, 6.45) is 0.195. The molecule has 17 heavy (non-hydrogen) atoms. The average molecular weight is 224 g/mol. The van der Waals surface area contributed by atoms with E-state index in [9.17, 15) is 0 Å². The standard InChI is InChI=1S/C15H16N2/c1-11-13-9-5-6-10-14(13)17-15(16-11)12-7-3-2-4-8-12/h2-11,15-17H,1H3/t11-,15+/m1/s1. The summed E-state index contributed by atoms with van der Waals surface area (Å²) in [6.45, 7) is 2.20. The van der Waals surface area contributed by atoms with Crippen molar-refractivity contribution in [1.82, 2.24) is 5.32 Å². The van der Waals surface area contributed by atoms with E-state index in [2.05, 4.69) is 66.1 Å². The molecular formula is C15H16N2. The maximum absolute atomic E-state index is 3.58. The van der Waals surface area contributed by atoms with Crippen LogP contribution in [0.1, 0.15) is 30.3 Å². The summed E-state index contributed by atoms with van der Waals surface area (Å²) in [5.74, 6) is 0. The van der Waals surface area contributed by atoms with Gasteiger partial charge >= 0.3 is 0 Å². The van der Waals surface area contributed by atoms with Gasteiger partial charge in [0.15, 0.2) is 0 Å². The molecular weight excluding hydrogens is 208 g/mol. The van der Waals surface area contributed by atoms with Gasteiger partial charge in [0, 0.05) is 11.7 Å². The molecule has 0 amide bonds. The van der Waals surface area contributed by atoms with Crippen molar-refractivity contribution >= 4 is 5.69 Å². The average Bonchev–Trinajstić information content (AvgIpc) is 2.40. The molecule has 1 aliphatic heterocycles. The highest BCUT2D eigenvalue weighted by molar-refractivity contribution is 5.55. The summed E-state index contributed by atoms with van der Waals surface area (Å²) in [5.41, 5.74) is 3.83.